The first-order valence-corrected chi connectivity index (χ1v) is 13.6. The summed E-state index contributed by atoms with van der Waals surface area (Å²) in [6.07, 6.45) is 3.84. The molecular weight excluding hydrogens is 522 g/mol. The van der Waals surface area contributed by atoms with Crippen LogP contribution in [0.25, 0.3) is 22.2 Å². The summed E-state index contributed by atoms with van der Waals surface area (Å²) in [6, 6.07) is 11.7. The average molecular weight is 560 g/mol. The summed E-state index contributed by atoms with van der Waals surface area (Å²) in [5, 5.41) is 4.21. The number of nitrogens with two attached hydrogens (primary N) is 1. The van der Waals surface area contributed by atoms with Crippen LogP contribution in [0.4, 0.5) is 23.0 Å². The number of anilines is 4. The van der Waals surface area contributed by atoms with Crippen molar-refractivity contribution in [2.45, 2.75) is 12.5 Å². The lowest BCUT2D eigenvalue weighted by Gasteiger charge is -2.24. The molecule has 3 heterocycles. The Labute approximate surface area is 239 Å². The molecule has 41 heavy (non-hydrogen) atoms. The smallest absolute Gasteiger partial charge is 0.342 e. The Kier molecular flexibility index (Phi) is 8.27. The van der Waals surface area contributed by atoms with E-state index in [1.807, 2.05) is 75.4 Å². The fraction of sp³-hybridized carbons (Fsp3) is 0.367. The molecule has 0 amide bonds. The molecular formula is C30H37N7O4. The minimum atomic E-state index is -0.484. The van der Waals surface area contributed by atoms with E-state index in [0.29, 0.717) is 48.4 Å². The van der Waals surface area contributed by atoms with Gasteiger partial charge in [-0.1, -0.05) is 18.2 Å². The molecule has 1 saturated heterocycles. The number of nitrogens with one attached hydrogen (secondary N) is 1. The number of aryl methyl sites for hydroxylation is 1. The Hall–Kier alpha value is -4.35. The molecule has 2 aromatic carbocycles. The molecule has 0 aliphatic carbocycles. The summed E-state index contributed by atoms with van der Waals surface area (Å²) in [7, 11) is 9.63. The van der Waals surface area contributed by atoms with Crippen molar-refractivity contribution in [1.29, 1.82) is 0 Å². The van der Waals surface area contributed by atoms with Crippen LogP contribution in [0.2, 0.25) is 0 Å². The van der Waals surface area contributed by atoms with Crippen molar-refractivity contribution < 1.29 is 19.0 Å². The number of fused-ring (bicyclic) bond motifs is 1. The predicted octanol–water partition coefficient (Wildman–Crippen LogP) is 3.91. The van der Waals surface area contributed by atoms with Gasteiger partial charge in [0.15, 0.2) is 0 Å². The van der Waals surface area contributed by atoms with Crippen molar-refractivity contribution in [3.8, 4) is 17.0 Å². The number of para-hydroxylation sites is 1. The Balaban J connectivity index is 1.52. The molecule has 1 fully saturated rings. The zero-order valence-electron chi connectivity index (χ0n) is 24.2. The van der Waals surface area contributed by atoms with E-state index in [1.54, 1.807) is 7.11 Å². The van der Waals surface area contributed by atoms with Crippen molar-refractivity contribution in [2.75, 3.05) is 70.5 Å². The summed E-state index contributed by atoms with van der Waals surface area (Å²) in [5.74, 6) is 0.396. The lowest BCUT2D eigenvalue weighted by molar-refractivity contribution is 0.0271. The molecule has 11 nitrogen and oxygen atoms in total. The highest BCUT2D eigenvalue weighted by molar-refractivity contribution is 6.03. The van der Waals surface area contributed by atoms with E-state index in [4.69, 9.17) is 24.9 Å². The van der Waals surface area contributed by atoms with Gasteiger partial charge in [-0.05, 0) is 26.2 Å². The van der Waals surface area contributed by atoms with Crippen LogP contribution in [0.15, 0.2) is 48.8 Å². The largest absolute Gasteiger partial charge is 0.494 e. The molecule has 216 valence electrons. The van der Waals surface area contributed by atoms with Crippen molar-refractivity contribution in [3.05, 3.63) is 54.4 Å². The van der Waals surface area contributed by atoms with Crippen LogP contribution < -0.4 is 20.7 Å². The maximum atomic E-state index is 13.3. The molecule has 11 heteroatoms. The molecule has 5 rings (SSSR count). The van der Waals surface area contributed by atoms with E-state index in [2.05, 4.69) is 20.1 Å². The van der Waals surface area contributed by atoms with Crippen LogP contribution in [0.3, 0.4) is 0 Å². The van der Waals surface area contributed by atoms with E-state index >= 15 is 0 Å². The molecule has 1 aliphatic heterocycles. The Morgan fingerprint density at radius 1 is 1.22 bits per heavy atom. The number of ether oxygens (including phenoxy) is 3. The molecule has 0 spiro atoms. The SMILES string of the molecule is COc1cc(N(C)CCN(C)C)c(N)cc1Nc1ncc(C(=O)O[C@@H]2CCOC2)c(-c2cn(C)c3ccccc23)n1. The second kappa shape index (κ2) is 12.0. The molecule has 0 radical (unpaired) electrons. The maximum Gasteiger partial charge on any atom is 0.342 e. The highest BCUT2D eigenvalue weighted by Crippen LogP contribution is 2.37. The van der Waals surface area contributed by atoms with Crippen LogP contribution in [0.5, 0.6) is 5.75 Å². The second-order valence-corrected chi connectivity index (χ2v) is 10.5. The molecule has 4 aromatic rings. The van der Waals surface area contributed by atoms with Gasteiger partial charge in [0, 0.05) is 68.5 Å². The van der Waals surface area contributed by atoms with Crippen molar-refractivity contribution in [3.63, 3.8) is 0 Å². The van der Waals surface area contributed by atoms with Gasteiger partial charge >= 0.3 is 5.97 Å². The summed E-state index contributed by atoms with van der Waals surface area (Å²) >= 11 is 0. The number of methoxy groups -OCH3 is 1. The topological polar surface area (TPSA) is 120 Å². The van der Waals surface area contributed by atoms with Crippen LogP contribution in [-0.4, -0.2) is 86.1 Å². The van der Waals surface area contributed by atoms with Gasteiger partial charge in [-0.2, -0.15) is 0 Å². The normalized spacial score (nSPS) is 14.9. The molecule has 1 atom stereocenters. The van der Waals surface area contributed by atoms with Gasteiger partial charge in [0.2, 0.25) is 5.95 Å². The van der Waals surface area contributed by atoms with E-state index in [1.165, 1.54) is 6.20 Å². The lowest BCUT2D eigenvalue weighted by atomic mass is 10.1. The van der Waals surface area contributed by atoms with Gasteiger partial charge in [0.25, 0.3) is 0 Å². The fourth-order valence-corrected chi connectivity index (χ4v) is 4.92. The third kappa shape index (κ3) is 6.06. The minimum Gasteiger partial charge on any atom is -0.494 e. The zero-order valence-corrected chi connectivity index (χ0v) is 24.2. The number of nitrogen functional groups attached to an aromatic ring is 1. The van der Waals surface area contributed by atoms with Gasteiger partial charge in [0.05, 0.1) is 43.1 Å². The van der Waals surface area contributed by atoms with Gasteiger partial charge < -0.3 is 39.6 Å². The van der Waals surface area contributed by atoms with Crippen molar-refractivity contribution >= 4 is 39.9 Å². The number of rotatable bonds is 10. The zero-order chi connectivity index (χ0) is 29.1. The number of hydrogen-bond donors (Lipinski definition) is 2. The predicted molar refractivity (Wildman–Crippen MR) is 161 cm³/mol. The molecule has 2 aromatic heterocycles. The van der Waals surface area contributed by atoms with Crippen LogP contribution in [0, 0.1) is 0 Å². The fourth-order valence-electron chi connectivity index (χ4n) is 4.92. The third-order valence-electron chi connectivity index (χ3n) is 7.21. The van der Waals surface area contributed by atoms with Crippen molar-refractivity contribution in [2.24, 2.45) is 7.05 Å². The Morgan fingerprint density at radius 2 is 2.02 bits per heavy atom. The number of likely N-dealkylation sites (N-methyl/N-ethyl adjacent to an activating group) is 2. The number of nitrogens with zero attached hydrogens (tertiary/aromatic N) is 5. The quantitative estimate of drug-likeness (QED) is 0.219. The monoisotopic (exact) mass is 559 g/mol. The number of aromatic nitrogens is 3. The Morgan fingerprint density at radius 3 is 2.76 bits per heavy atom. The summed E-state index contributed by atoms with van der Waals surface area (Å²) in [6.45, 7) is 2.64. The first-order valence-electron chi connectivity index (χ1n) is 13.6. The number of benzene rings is 2. The van der Waals surface area contributed by atoms with Gasteiger partial charge in [-0.15, -0.1) is 0 Å². The Bertz CT molecular complexity index is 1550. The maximum absolute atomic E-state index is 13.3. The van der Waals surface area contributed by atoms with E-state index < -0.39 is 5.97 Å². The molecule has 3 N–H and O–H groups in total. The van der Waals surface area contributed by atoms with E-state index in [9.17, 15) is 4.79 Å². The van der Waals surface area contributed by atoms with Gasteiger partial charge in [0.1, 0.15) is 17.4 Å². The number of carbonyl (C=O) groups excluding carboxylic acids is 1. The molecule has 0 saturated carbocycles. The number of hydrogen-bond acceptors (Lipinski definition) is 10. The summed E-state index contributed by atoms with van der Waals surface area (Å²) < 4.78 is 18.8. The van der Waals surface area contributed by atoms with E-state index in [0.717, 1.165) is 35.2 Å². The lowest BCUT2D eigenvalue weighted by Crippen LogP contribution is -2.29. The average Bonchev–Trinajstić information content (AvgIpc) is 3.59. The van der Waals surface area contributed by atoms with Crippen molar-refractivity contribution in [1.82, 2.24) is 19.4 Å². The summed E-state index contributed by atoms with van der Waals surface area (Å²) in [4.78, 5) is 26.8. The summed E-state index contributed by atoms with van der Waals surface area (Å²) in [5.41, 5.74) is 11.1. The van der Waals surface area contributed by atoms with Gasteiger partial charge in [-0.25, -0.2) is 14.8 Å². The number of esters is 1. The standard InChI is InChI=1S/C30H37N7O4/c1-35(2)11-12-36(3)26-15-27(39-5)24(14-23(26)31)33-30-32-16-21(29(38)41-19-10-13-40-18-19)28(34-30)22-17-37(4)25-9-7-6-8-20(22)25/h6-9,14-17,19H,10-13,18,31H2,1-5H3,(H,32,33,34)/t19-/m1/s1. The van der Waals surface area contributed by atoms with Crippen LogP contribution in [-0.2, 0) is 16.5 Å². The first kappa shape index (κ1) is 28.2. The van der Waals surface area contributed by atoms with Gasteiger partial charge in [-0.3, -0.25) is 0 Å². The first-order chi connectivity index (χ1) is 19.7. The molecule has 0 unspecified atom stereocenters. The highest BCUT2D eigenvalue weighted by atomic mass is 16.6. The number of carbonyl (C=O) groups is 1. The molecule has 0 bridgehead atoms. The van der Waals surface area contributed by atoms with Crippen LogP contribution in [0.1, 0.15) is 16.8 Å². The minimum absolute atomic E-state index is 0.281. The van der Waals surface area contributed by atoms with Crippen LogP contribution >= 0.6 is 0 Å². The second-order valence-electron chi connectivity index (χ2n) is 10.5. The highest BCUT2D eigenvalue weighted by Gasteiger charge is 2.26. The molecule has 1 aliphatic rings. The third-order valence-corrected chi connectivity index (χ3v) is 7.21. The van der Waals surface area contributed by atoms with E-state index in [-0.39, 0.29) is 11.7 Å².